The summed E-state index contributed by atoms with van der Waals surface area (Å²) < 4.78 is 5.13. The molecule has 1 aromatic carbocycles. The second kappa shape index (κ2) is 5.23. The Morgan fingerprint density at radius 3 is 2.95 bits per heavy atom. The molecule has 0 saturated carbocycles. The molecule has 0 aromatic heterocycles. The van der Waals surface area contributed by atoms with Crippen molar-refractivity contribution in [3.8, 4) is 0 Å². The number of aryl methyl sites for hydroxylation is 1. The average molecular weight is 266 g/mol. The molecule has 0 amide bonds. The van der Waals surface area contributed by atoms with Crippen LogP contribution in [0.15, 0.2) is 18.2 Å². The summed E-state index contributed by atoms with van der Waals surface area (Å²) in [5.74, 6) is -1.05. The number of morpholine rings is 1. The number of benzene rings is 1. The van der Waals surface area contributed by atoms with Crippen molar-refractivity contribution in [2.24, 2.45) is 0 Å². The van der Waals surface area contributed by atoms with Crippen LogP contribution in [-0.2, 0) is 9.53 Å². The zero-order valence-corrected chi connectivity index (χ0v) is 10.4. The molecule has 1 unspecified atom stereocenters. The molecule has 1 fully saturated rings. The summed E-state index contributed by atoms with van der Waals surface area (Å²) in [7, 11) is 0. The van der Waals surface area contributed by atoms with Crippen molar-refractivity contribution in [3.05, 3.63) is 33.9 Å². The highest BCUT2D eigenvalue weighted by molar-refractivity contribution is 5.80. The standard InChI is InChI=1S/C12H14N2O5/c1-8-2-3-9(14(17)18)10(6-8)13-4-5-19-7-11(13)12(15)16/h2-3,6,11H,4-5,7H2,1H3,(H,15,16). The summed E-state index contributed by atoms with van der Waals surface area (Å²) in [4.78, 5) is 23.3. The van der Waals surface area contributed by atoms with E-state index in [0.29, 0.717) is 18.8 Å². The van der Waals surface area contributed by atoms with Crippen LogP contribution in [0.2, 0.25) is 0 Å². The van der Waals surface area contributed by atoms with Gasteiger partial charge in [0.1, 0.15) is 5.69 Å². The number of aliphatic carboxylic acids is 1. The predicted octanol–water partition coefficient (Wildman–Crippen LogP) is 1.19. The van der Waals surface area contributed by atoms with E-state index in [-0.39, 0.29) is 12.3 Å². The largest absolute Gasteiger partial charge is 0.480 e. The summed E-state index contributed by atoms with van der Waals surface area (Å²) in [6.07, 6.45) is 0. The molecule has 1 saturated heterocycles. The molecule has 2 rings (SSSR count). The first-order chi connectivity index (χ1) is 9.00. The Hall–Kier alpha value is -2.15. The lowest BCUT2D eigenvalue weighted by Gasteiger charge is -2.34. The Kier molecular flexibility index (Phi) is 3.66. The van der Waals surface area contributed by atoms with E-state index in [0.717, 1.165) is 5.56 Å². The minimum absolute atomic E-state index is 0.0282. The fraction of sp³-hybridized carbons (Fsp3) is 0.417. The van der Waals surface area contributed by atoms with Crippen molar-refractivity contribution in [2.45, 2.75) is 13.0 Å². The number of ether oxygens (including phenoxy) is 1. The van der Waals surface area contributed by atoms with Crippen molar-refractivity contribution in [1.82, 2.24) is 0 Å². The van der Waals surface area contributed by atoms with Crippen molar-refractivity contribution in [1.29, 1.82) is 0 Å². The van der Waals surface area contributed by atoms with Gasteiger partial charge in [-0.3, -0.25) is 10.1 Å². The van der Waals surface area contributed by atoms with Crippen LogP contribution < -0.4 is 4.90 Å². The maximum absolute atomic E-state index is 11.2. The van der Waals surface area contributed by atoms with Crippen LogP contribution >= 0.6 is 0 Å². The normalized spacial score (nSPS) is 19.2. The SMILES string of the molecule is Cc1ccc([N+](=O)[O-])c(N2CCOCC2C(=O)O)c1. The summed E-state index contributed by atoms with van der Waals surface area (Å²) in [6, 6.07) is 3.78. The second-order valence-corrected chi connectivity index (χ2v) is 4.37. The van der Waals surface area contributed by atoms with Gasteiger partial charge in [0, 0.05) is 12.6 Å². The van der Waals surface area contributed by atoms with Gasteiger partial charge in [0.15, 0.2) is 6.04 Å². The number of carbonyl (C=O) groups is 1. The van der Waals surface area contributed by atoms with Crippen molar-refractivity contribution in [3.63, 3.8) is 0 Å². The van der Waals surface area contributed by atoms with Crippen LogP contribution in [0.5, 0.6) is 0 Å². The Morgan fingerprint density at radius 1 is 1.58 bits per heavy atom. The highest BCUT2D eigenvalue weighted by atomic mass is 16.6. The topological polar surface area (TPSA) is 92.9 Å². The van der Waals surface area contributed by atoms with Gasteiger partial charge in [-0.25, -0.2) is 4.79 Å². The number of carboxylic acid groups (broad SMARTS) is 1. The highest BCUT2D eigenvalue weighted by Gasteiger charge is 2.33. The third-order valence-electron chi connectivity index (χ3n) is 3.05. The predicted molar refractivity (Wildman–Crippen MR) is 67.4 cm³/mol. The Balaban J connectivity index is 2.46. The molecule has 0 radical (unpaired) electrons. The molecule has 1 aliphatic heterocycles. The van der Waals surface area contributed by atoms with E-state index in [1.54, 1.807) is 12.1 Å². The molecule has 19 heavy (non-hydrogen) atoms. The number of hydrogen-bond donors (Lipinski definition) is 1. The number of carboxylic acids is 1. The summed E-state index contributed by atoms with van der Waals surface area (Å²) in [6.45, 7) is 2.51. The first-order valence-corrected chi connectivity index (χ1v) is 5.83. The summed E-state index contributed by atoms with van der Waals surface area (Å²) >= 11 is 0. The number of nitro groups is 1. The molecule has 7 heteroatoms. The zero-order chi connectivity index (χ0) is 14.0. The molecule has 1 atom stereocenters. The first kappa shape index (κ1) is 13.3. The Labute approximate surface area is 109 Å². The Bertz CT molecular complexity index is 517. The van der Waals surface area contributed by atoms with Gasteiger partial charge < -0.3 is 14.7 Å². The molecule has 0 aliphatic carbocycles. The Morgan fingerprint density at radius 2 is 2.32 bits per heavy atom. The van der Waals surface area contributed by atoms with Gasteiger partial charge in [0.2, 0.25) is 0 Å². The van der Waals surface area contributed by atoms with Crippen LogP contribution in [0.1, 0.15) is 5.56 Å². The third kappa shape index (κ3) is 2.65. The van der Waals surface area contributed by atoms with E-state index in [9.17, 15) is 20.0 Å². The molecule has 0 bridgehead atoms. The van der Waals surface area contributed by atoms with Crippen molar-refractivity contribution >= 4 is 17.3 Å². The molecule has 1 aromatic rings. The molecule has 1 N–H and O–H groups in total. The molecule has 1 aliphatic rings. The fourth-order valence-electron chi connectivity index (χ4n) is 2.11. The zero-order valence-electron chi connectivity index (χ0n) is 10.4. The molecular weight excluding hydrogens is 252 g/mol. The van der Waals surface area contributed by atoms with E-state index < -0.39 is 16.9 Å². The smallest absolute Gasteiger partial charge is 0.328 e. The lowest BCUT2D eigenvalue weighted by atomic mass is 10.1. The van der Waals surface area contributed by atoms with Gasteiger partial charge in [-0.15, -0.1) is 0 Å². The van der Waals surface area contributed by atoms with Gasteiger partial charge in [-0.1, -0.05) is 6.07 Å². The molecule has 1 heterocycles. The van der Waals surface area contributed by atoms with Crippen LogP contribution in [0.25, 0.3) is 0 Å². The van der Waals surface area contributed by atoms with E-state index in [2.05, 4.69) is 0 Å². The first-order valence-electron chi connectivity index (χ1n) is 5.83. The van der Waals surface area contributed by atoms with Gasteiger partial charge >= 0.3 is 5.97 Å². The fourth-order valence-corrected chi connectivity index (χ4v) is 2.11. The maximum Gasteiger partial charge on any atom is 0.328 e. The average Bonchev–Trinajstić information content (AvgIpc) is 2.38. The van der Waals surface area contributed by atoms with E-state index in [4.69, 9.17) is 4.74 Å². The van der Waals surface area contributed by atoms with Gasteiger partial charge in [0.05, 0.1) is 18.1 Å². The van der Waals surface area contributed by atoms with Gasteiger partial charge in [-0.05, 0) is 18.6 Å². The van der Waals surface area contributed by atoms with Crippen LogP contribution in [0.4, 0.5) is 11.4 Å². The monoisotopic (exact) mass is 266 g/mol. The highest BCUT2D eigenvalue weighted by Crippen LogP contribution is 2.31. The van der Waals surface area contributed by atoms with Crippen molar-refractivity contribution in [2.75, 3.05) is 24.7 Å². The lowest BCUT2D eigenvalue weighted by molar-refractivity contribution is -0.384. The summed E-state index contributed by atoms with van der Waals surface area (Å²) in [5.41, 5.74) is 1.09. The molecule has 7 nitrogen and oxygen atoms in total. The van der Waals surface area contributed by atoms with Crippen LogP contribution in [0.3, 0.4) is 0 Å². The summed E-state index contributed by atoms with van der Waals surface area (Å²) in [5, 5.41) is 20.2. The van der Waals surface area contributed by atoms with Gasteiger partial charge in [-0.2, -0.15) is 0 Å². The number of rotatable bonds is 3. The molecular formula is C12H14N2O5. The molecule has 102 valence electrons. The number of nitrogens with zero attached hydrogens (tertiary/aromatic N) is 2. The van der Waals surface area contributed by atoms with Gasteiger partial charge in [0.25, 0.3) is 5.69 Å². The second-order valence-electron chi connectivity index (χ2n) is 4.37. The quantitative estimate of drug-likeness (QED) is 0.652. The van der Waals surface area contributed by atoms with E-state index in [1.165, 1.54) is 11.0 Å². The number of hydrogen-bond acceptors (Lipinski definition) is 5. The maximum atomic E-state index is 11.2. The van der Waals surface area contributed by atoms with E-state index >= 15 is 0 Å². The number of anilines is 1. The number of nitro benzene ring substituents is 1. The minimum atomic E-state index is -1.05. The third-order valence-corrected chi connectivity index (χ3v) is 3.05. The van der Waals surface area contributed by atoms with Crippen molar-refractivity contribution < 1.29 is 19.6 Å². The van der Waals surface area contributed by atoms with E-state index in [1.807, 2.05) is 6.92 Å². The van der Waals surface area contributed by atoms with Crippen LogP contribution in [-0.4, -0.2) is 41.8 Å². The van der Waals surface area contributed by atoms with Crippen LogP contribution in [0, 0.1) is 17.0 Å². The lowest BCUT2D eigenvalue weighted by Crippen LogP contribution is -2.50. The molecule has 0 spiro atoms. The minimum Gasteiger partial charge on any atom is -0.480 e.